The van der Waals surface area contributed by atoms with Crippen LogP contribution >= 0.6 is 12.4 Å². The zero-order valence-corrected chi connectivity index (χ0v) is 13.6. The average molecular weight is 309 g/mol. The minimum Gasteiger partial charge on any atom is -0.492 e. The van der Waals surface area contributed by atoms with Crippen LogP contribution in [0.5, 0.6) is 5.75 Å². The third kappa shape index (κ3) is 3.46. The van der Waals surface area contributed by atoms with Crippen molar-refractivity contribution in [3.8, 4) is 5.75 Å². The summed E-state index contributed by atoms with van der Waals surface area (Å²) >= 11 is 0. The number of anilines is 1. The third-order valence-electron chi connectivity index (χ3n) is 3.07. The van der Waals surface area contributed by atoms with Crippen molar-refractivity contribution in [3.63, 3.8) is 0 Å². The topological polar surface area (TPSA) is 32.8 Å². The summed E-state index contributed by atoms with van der Waals surface area (Å²) in [6, 6.07) is 11.9. The molecule has 0 saturated carbocycles. The lowest BCUT2D eigenvalue weighted by molar-refractivity contribution is -0.118. The first-order chi connectivity index (χ1) is 9.56. The number of ether oxygens (including phenoxy) is 1. The summed E-state index contributed by atoms with van der Waals surface area (Å²) in [5.41, 5.74) is 0.794. The Labute approximate surface area is 131 Å². The SMILES string of the molecule is CCOc1ccc2ccccc2c1N(C(C)=O)N(C)C.Cl. The van der Waals surface area contributed by atoms with Crippen molar-refractivity contribution in [2.24, 2.45) is 0 Å². The number of fused-ring (bicyclic) bond motifs is 1. The van der Waals surface area contributed by atoms with Gasteiger partial charge in [0.05, 0.1) is 6.61 Å². The molecule has 1 amide bonds. The highest BCUT2D eigenvalue weighted by Gasteiger charge is 2.21. The first kappa shape index (κ1) is 17.3. The first-order valence-electron chi connectivity index (χ1n) is 6.68. The van der Waals surface area contributed by atoms with Crippen LogP contribution in [0.1, 0.15) is 13.8 Å². The second kappa shape index (κ2) is 7.29. The molecule has 0 aromatic heterocycles. The molecule has 21 heavy (non-hydrogen) atoms. The number of carbonyl (C=O) groups is 1. The van der Waals surface area contributed by atoms with Gasteiger partial charge in [-0.3, -0.25) is 4.79 Å². The molecule has 0 radical (unpaired) electrons. The molecular formula is C16H21ClN2O2. The van der Waals surface area contributed by atoms with Gasteiger partial charge in [0.15, 0.2) is 0 Å². The van der Waals surface area contributed by atoms with E-state index < -0.39 is 0 Å². The predicted molar refractivity (Wildman–Crippen MR) is 89.2 cm³/mol. The van der Waals surface area contributed by atoms with E-state index in [9.17, 15) is 4.79 Å². The second-order valence-corrected chi connectivity index (χ2v) is 4.74. The van der Waals surface area contributed by atoms with Gasteiger partial charge in [0.1, 0.15) is 11.4 Å². The number of hydrazine groups is 1. The van der Waals surface area contributed by atoms with Crippen molar-refractivity contribution in [2.45, 2.75) is 13.8 Å². The van der Waals surface area contributed by atoms with Crippen molar-refractivity contribution in [3.05, 3.63) is 36.4 Å². The van der Waals surface area contributed by atoms with Crippen molar-refractivity contribution in [1.82, 2.24) is 5.01 Å². The molecule has 0 aliphatic rings. The standard InChI is InChI=1S/C16H20N2O2.ClH/c1-5-20-15-11-10-13-8-6-7-9-14(13)16(15)18(12(2)19)17(3)4;/h6-11H,5H2,1-4H3;1H. The minimum atomic E-state index is -0.0488. The van der Waals surface area contributed by atoms with Gasteiger partial charge in [0.2, 0.25) is 5.91 Å². The van der Waals surface area contributed by atoms with Gasteiger partial charge in [0, 0.05) is 26.4 Å². The monoisotopic (exact) mass is 308 g/mol. The number of benzene rings is 2. The molecule has 0 aliphatic heterocycles. The normalized spacial score (nSPS) is 10.3. The highest BCUT2D eigenvalue weighted by molar-refractivity contribution is 6.05. The number of hydrogen-bond donors (Lipinski definition) is 0. The summed E-state index contributed by atoms with van der Waals surface area (Å²) < 4.78 is 5.71. The molecule has 0 fully saturated rings. The zero-order chi connectivity index (χ0) is 14.7. The summed E-state index contributed by atoms with van der Waals surface area (Å²) in [6.07, 6.45) is 0. The maximum Gasteiger partial charge on any atom is 0.238 e. The lowest BCUT2D eigenvalue weighted by Crippen LogP contribution is -2.41. The molecule has 0 spiro atoms. The highest BCUT2D eigenvalue weighted by Crippen LogP contribution is 2.37. The van der Waals surface area contributed by atoms with E-state index in [4.69, 9.17) is 4.74 Å². The van der Waals surface area contributed by atoms with Gasteiger partial charge >= 0.3 is 0 Å². The van der Waals surface area contributed by atoms with Gasteiger partial charge in [-0.15, -0.1) is 12.4 Å². The molecule has 0 unspecified atom stereocenters. The number of carbonyl (C=O) groups excluding carboxylic acids is 1. The summed E-state index contributed by atoms with van der Waals surface area (Å²) in [6.45, 7) is 4.05. The fourth-order valence-electron chi connectivity index (χ4n) is 2.36. The fourth-order valence-corrected chi connectivity index (χ4v) is 2.36. The third-order valence-corrected chi connectivity index (χ3v) is 3.07. The molecule has 2 aromatic rings. The van der Waals surface area contributed by atoms with Crippen LogP contribution in [-0.2, 0) is 4.79 Å². The Balaban J connectivity index is 0.00000220. The molecule has 0 bridgehead atoms. The Kier molecular flexibility index (Phi) is 6.00. The van der Waals surface area contributed by atoms with E-state index in [1.54, 1.807) is 16.9 Å². The Hall–Kier alpha value is -1.78. The molecule has 0 saturated heterocycles. The molecule has 114 valence electrons. The van der Waals surface area contributed by atoms with Crippen LogP contribution in [0.3, 0.4) is 0 Å². The van der Waals surface area contributed by atoms with Crippen LogP contribution in [-0.4, -0.2) is 31.6 Å². The highest BCUT2D eigenvalue weighted by atomic mass is 35.5. The minimum absolute atomic E-state index is 0. The lowest BCUT2D eigenvalue weighted by atomic mass is 10.1. The zero-order valence-electron chi connectivity index (χ0n) is 12.8. The van der Waals surface area contributed by atoms with E-state index in [1.165, 1.54) is 0 Å². The number of nitrogens with zero attached hydrogens (tertiary/aromatic N) is 2. The molecule has 0 aliphatic carbocycles. The van der Waals surface area contributed by atoms with E-state index >= 15 is 0 Å². The molecule has 2 rings (SSSR count). The molecule has 0 heterocycles. The number of rotatable bonds is 4. The van der Waals surface area contributed by atoms with Crippen LogP contribution in [0.4, 0.5) is 5.69 Å². The van der Waals surface area contributed by atoms with Gasteiger partial charge in [-0.05, 0) is 18.4 Å². The van der Waals surface area contributed by atoms with E-state index in [2.05, 4.69) is 0 Å². The average Bonchev–Trinajstić information content (AvgIpc) is 2.40. The Morgan fingerprint density at radius 2 is 1.81 bits per heavy atom. The van der Waals surface area contributed by atoms with Crippen LogP contribution < -0.4 is 9.75 Å². The van der Waals surface area contributed by atoms with E-state index in [-0.39, 0.29) is 18.3 Å². The predicted octanol–water partition coefficient (Wildman–Crippen LogP) is 3.49. The van der Waals surface area contributed by atoms with Crippen molar-refractivity contribution >= 4 is 34.8 Å². The molecule has 2 aromatic carbocycles. The van der Waals surface area contributed by atoms with Crippen molar-refractivity contribution in [2.75, 3.05) is 25.7 Å². The maximum atomic E-state index is 12.0. The van der Waals surface area contributed by atoms with Gasteiger partial charge in [0.25, 0.3) is 0 Å². The number of hydrogen-bond acceptors (Lipinski definition) is 3. The Bertz CT molecular complexity index is 629. The summed E-state index contributed by atoms with van der Waals surface area (Å²) in [7, 11) is 3.69. The molecular weight excluding hydrogens is 288 g/mol. The quantitative estimate of drug-likeness (QED) is 0.811. The van der Waals surface area contributed by atoms with Crippen LogP contribution in [0, 0.1) is 0 Å². The smallest absolute Gasteiger partial charge is 0.238 e. The van der Waals surface area contributed by atoms with Crippen LogP contribution in [0.15, 0.2) is 36.4 Å². The van der Waals surface area contributed by atoms with Gasteiger partial charge in [-0.25, -0.2) is 10.0 Å². The molecule has 4 nitrogen and oxygen atoms in total. The van der Waals surface area contributed by atoms with E-state index in [1.807, 2.05) is 57.4 Å². The fraction of sp³-hybridized carbons (Fsp3) is 0.312. The second-order valence-electron chi connectivity index (χ2n) is 4.74. The van der Waals surface area contributed by atoms with Crippen LogP contribution in [0.2, 0.25) is 0 Å². The van der Waals surface area contributed by atoms with Crippen molar-refractivity contribution in [1.29, 1.82) is 0 Å². The first-order valence-corrected chi connectivity index (χ1v) is 6.68. The van der Waals surface area contributed by atoms with E-state index in [0.717, 1.165) is 22.2 Å². The van der Waals surface area contributed by atoms with E-state index in [0.29, 0.717) is 6.61 Å². The maximum absolute atomic E-state index is 12.0. The Morgan fingerprint density at radius 1 is 1.14 bits per heavy atom. The lowest BCUT2D eigenvalue weighted by Gasteiger charge is -2.30. The van der Waals surface area contributed by atoms with Gasteiger partial charge in [-0.1, -0.05) is 30.3 Å². The Morgan fingerprint density at radius 3 is 2.38 bits per heavy atom. The van der Waals surface area contributed by atoms with Crippen LogP contribution in [0.25, 0.3) is 10.8 Å². The molecule has 0 atom stereocenters. The summed E-state index contributed by atoms with van der Waals surface area (Å²) in [5, 5.41) is 5.49. The summed E-state index contributed by atoms with van der Waals surface area (Å²) in [5.74, 6) is 0.669. The molecule has 5 heteroatoms. The summed E-state index contributed by atoms with van der Waals surface area (Å²) in [4.78, 5) is 12.0. The molecule has 0 N–H and O–H groups in total. The van der Waals surface area contributed by atoms with Gasteiger partial charge in [-0.2, -0.15) is 0 Å². The number of amides is 1. The number of halogens is 1. The van der Waals surface area contributed by atoms with Gasteiger partial charge < -0.3 is 4.74 Å². The van der Waals surface area contributed by atoms with Crippen molar-refractivity contribution < 1.29 is 9.53 Å². The largest absolute Gasteiger partial charge is 0.492 e.